The van der Waals surface area contributed by atoms with Gasteiger partial charge >= 0.3 is 0 Å². The quantitative estimate of drug-likeness (QED) is 0.637. The van der Waals surface area contributed by atoms with Crippen LogP contribution in [0.15, 0.2) is 30.4 Å². The molecule has 1 aromatic carbocycles. The standard InChI is InChI=1S/C15H21F/c1-6-10-15(5,16)14-9-7-8-13(11(2)3)12(14)4/h6-11H,1-5H3/b10-6+. The predicted molar refractivity (Wildman–Crippen MR) is 68.5 cm³/mol. The van der Waals surface area contributed by atoms with Crippen molar-refractivity contribution < 1.29 is 4.39 Å². The van der Waals surface area contributed by atoms with Crippen LogP contribution in [0.3, 0.4) is 0 Å². The Morgan fingerprint density at radius 3 is 2.44 bits per heavy atom. The van der Waals surface area contributed by atoms with Crippen LogP contribution in [0.1, 0.15) is 50.3 Å². The normalized spacial score (nSPS) is 15.7. The minimum atomic E-state index is -1.37. The second-order valence-electron chi connectivity index (χ2n) is 4.75. The molecule has 1 heteroatoms. The van der Waals surface area contributed by atoms with Crippen molar-refractivity contribution in [1.82, 2.24) is 0 Å². The molecule has 0 amide bonds. The molecular weight excluding hydrogens is 199 g/mol. The molecule has 0 bridgehead atoms. The number of allylic oxidation sites excluding steroid dienone is 2. The summed E-state index contributed by atoms with van der Waals surface area (Å²) in [4.78, 5) is 0. The number of hydrogen-bond donors (Lipinski definition) is 0. The Balaban J connectivity index is 3.30. The van der Waals surface area contributed by atoms with Gasteiger partial charge in [0, 0.05) is 0 Å². The summed E-state index contributed by atoms with van der Waals surface area (Å²) in [5, 5.41) is 0. The van der Waals surface area contributed by atoms with E-state index < -0.39 is 5.67 Å². The lowest BCUT2D eigenvalue weighted by atomic mass is 9.87. The molecule has 1 atom stereocenters. The molecule has 0 saturated carbocycles. The van der Waals surface area contributed by atoms with Crippen LogP contribution in [0.25, 0.3) is 0 Å². The first-order valence-corrected chi connectivity index (χ1v) is 5.83. The van der Waals surface area contributed by atoms with E-state index >= 15 is 0 Å². The first-order chi connectivity index (χ1) is 7.40. The predicted octanol–water partition coefficient (Wildman–Crippen LogP) is 4.88. The lowest BCUT2D eigenvalue weighted by Crippen LogP contribution is -2.14. The van der Waals surface area contributed by atoms with Gasteiger partial charge in [0.15, 0.2) is 5.67 Å². The van der Waals surface area contributed by atoms with Crippen LogP contribution in [-0.2, 0) is 5.67 Å². The summed E-state index contributed by atoms with van der Waals surface area (Å²) >= 11 is 0. The van der Waals surface area contributed by atoms with E-state index in [9.17, 15) is 4.39 Å². The Morgan fingerprint density at radius 1 is 1.31 bits per heavy atom. The summed E-state index contributed by atoms with van der Waals surface area (Å²) in [6.45, 7) is 9.74. The van der Waals surface area contributed by atoms with Crippen molar-refractivity contribution in [3.8, 4) is 0 Å². The highest BCUT2D eigenvalue weighted by Gasteiger charge is 2.25. The third-order valence-electron chi connectivity index (χ3n) is 3.00. The summed E-state index contributed by atoms with van der Waals surface area (Å²) in [5.41, 5.74) is 1.70. The molecule has 0 saturated heterocycles. The molecule has 0 aliphatic carbocycles. The zero-order valence-corrected chi connectivity index (χ0v) is 10.8. The van der Waals surface area contributed by atoms with Crippen LogP contribution in [-0.4, -0.2) is 0 Å². The van der Waals surface area contributed by atoms with E-state index in [0.29, 0.717) is 5.92 Å². The third-order valence-corrected chi connectivity index (χ3v) is 3.00. The highest BCUT2D eigenvalue weighted by Crippen LogP contribution is 2.33. The van der Waals surface area contributed by atoms with E-state index in [0.717, 1.165) is 11.1 Å². The molecular formula is C15H21F. The Bertz CT molecular complexity index is 386. The van der Waals surface area contributed by atoms with Gasteiger partial charge in [-0.05, 0) is 49.5 Å². The molecule has 0 N–H and O–H groups in total. The molecule has 0 heterocycles. The molecule has 0 fully saturated rings. The van der Waals surface area contributed by atoms with Gasteiger partial charge in [-0.1, -0.05) is 38.1 Å². The molecule has 0 aliphatic heterocycles. The maximum Gasteiger partial charge on any atom is 0.151 e. The van der Waals surface area contributed by atoms with Gasteiger partial charge in [0.1, 0.15) is 0 Å². The fourth-order valence-electron chi connectivity index (χ4n) is 2.21. The molecule has 0 aromatic heterocycles. The zero-order valence-electron chi connectivity index (χ0n) is 10.8. The number of benzene rings is 1. The average molecular weight is 220 g/mol. The fourth-order valence-corrected chi connectivity index (χ4v) is 2.21. The van der Waals surface area contributed by atoms with E-state index in [-0.39, 0.29) is 0 Å². The Labute approximate surface area is 98.2 Å². The highest BCUT2D eigenvalue weighted by atomic mass is 19.1. The minimum absolute atomic E-state index is 0.432. The topological polar surface area (TPSA) is 0 Å². The van der Waals surface area contributed by atoms with E-state index in [1.807, 2.05) is 26.0 Å². The molecule has 1 unspecified atom stereocenters. The molecule has 1 aromatic rings. The van der Waals surface area contributed by atoms with Gasteiger partial charge in [0.05, 0.1) is 0 Å². The average Bonchev–Trinajstić information content (AvgIpc) is 2.17. The van der Waals surface area contributed by atoms with Crippen molar-refractivity contribution in [2.24, 2.45) is 0 Å². The SMILES string of the molecule is C/C=C/C(C)(F)c1cccc(C(C)C)c1C. The Morgan fingerprint density at radius 2 is 1.94 bits per heavy atom. The van der Waals surface area contributed by atoms with E-state index in [1.165, 1.54) is 5.56 Å². The van der Waals surface area contributed by atoms with Gasteiger partial charge in [0.25, 0.3) is 0 Å². The maximum absolute atomic E-state index is 14.4. The first-order valence-electron chi connectivity index (χ1n) is 5.83. The highest BCUT2D eigenvalue weighted by molar-refractivity contribution is 5.41. The van der Waals surface area contributed by atoms with Gasteiger partial charge in [0.2, 0.25) is 0 Å². The van der Waals surface area contributed by atoms with Crippen molar-refractivity contribution in [2.75, 3.05) is 0 Å². The molecule has 0 aliphatic rings. The Kier molecular flexibility index (Phi) is 3.90. The van der Waals surface area contributed by atoms with Gasteiger partial charge < -0.3 is 0 Å². The molecule has 88 valence electrons. The molecule has 0 spiro atoms. The summed E-state index contributed by atoms with van der Waals surface area (Å²) in [6.07, 6.45) is 3.38. The lowest BCUT2D eigenvalue weighted by Gasteiger charge is -2.22. The lowest BCUT2D eigenvalue weighted by molar-refractivity contribution is 0.262. The van der Waals surface area contributed by atoms with Gasteiger partial charge in [-0.2, -0.15) is 0 Å². The number of halogens is 1. The van der Waals surface area contributed by atoms with Crippen LogP contribution in [0, 0.1) is 6.92 Å². The molecule has 0 radical (unpaired) electrons. The summed E-state index contributed by atoms with van der Waals surface area (Å²) in [7, 11) is 0. The smallest absolute Gasteiger partial charge is 0.151 e. The molecule has 0 nitrogen and oxygen atoms in total. The second-order valence-corrected chi connectivity index (χ2v) is 4.75. The first kappa shape index (κ1) is 13.0. The largest absolute Gasteiger partial charge is 0.234 e. The zero-order chi connectivity index (χ0) is 12.3. The van der Waals surface area contributed by atoms with Crippen LogP contribution in [0.2, 0.25) is 0 Å². The minimum Gasteiger partial charge on any atom is -0.234 e. The van der Waals surface area contributed by atoms with Crippen molar-refractivity contribution in [3.05, 3.63) is 47.0 Å². The van der Waals surface area contributed by atoms with Crippen molar-refractivity contribution >= 4 is 0 Å². The number of rotatable bonds is 3. The van der Waals surface area contributed by atoms with Crippen molar-refractivity contribution in [3.63, 3.8) is 0 Å². The van der Waals surface area contributed by atoms with Gasteiger partial charge in [-0.25, -0.2) is 4.39 Å². The monoisotopic (exact) mass is 220 g/mol. The van der Waals surface area contributed by atoms with Crippen LogP contribution in [0.4, 0.5) is 4.39 Å². The second kappa shape index (κ2) is 4.82. The molecule has 16 heavy (non-hydrogen) atoms. The van der Waals surface area contributed by atoms with E-state index in [2.05, 4.69) is 19.9 Å². The summed E-state index contributed by atoms with van der Waals surface area (Å²) in [6, 6.07) is 5.90. The van der Waals surface area contributed by atoms with Crippen LogP contribution >= 0.6 is 0 Å². The van der Waals surface area contributed by atoms with E-state index in [4.69, 9.17) is 0 Å². The number of alkyl halides is 1. The molecule has 1 rings (SSSR count). The van der Waals surface area contributed by atoms with Crippen LogP contribution < -0.4 is 0 Å². The third kappa shape index (κ3) is 2.52. The van der Waals surface area contributed by atoms with Crippen molar-refractivity contribution in [2.45, 2.75) is 46.2 Å². The number of hydrogen-bond acceptors (Lipinski definition) is 0. The maximum atomic E-state index is 14.4. The summed E-state index contributed by atoms with van der Waals surface area (Å²) in [5.74, 6) is 0.432. The van der Waals surface area contributed by atoms with Gasteiger partial charge in [-0.3, -0.25) is 0 Å². The summed E-state index contributed by atoms with van der Waals surface area (Å²) < 4.78 is 14.4. The Hall–Kier alpha value is -1.11. The van der Waals surface area contributed by atoms with E-state index in [1.54, 1.807) is 19.1 Å². The van der Waals surface area contributed by atoms with Gasteiger partial charge in [-0.15, -0.1) is 0 Å². The fraction of sp³-hybridized carbons (Fsp3) is 0.467. The van der Waals surface area contributed by atoms with Crippen LogP contribution in [0.5, 0.6) is 0 Å². The van der Waals surface area contributed by atoms with Crippen molar-refractivity contribution in [1.29, 1.82) is 0 Å².